The van der Waals surface area contributed by atoms with Gasteiger partial charge in [-0.1, -0.05) is 17.7 Å². The van der Waals surface area contributed by atoms with E-state index in [0.29, 0.717) is 33.0 Å². The van der Waals surface area contributed by atoms with Crippen LogP contribution in [0.4, 0.5) is 22.0 Å². The number of pyridine rings is 1. The van der Waals surface area contributed by atoms with E-state index in [2.05, 4.69) is 25.6 Å². The van der Waals surface area contributed by atoms with E-state index in [4.69, 9.17) is 17.3 Å². The SMILES string of the molecule is Cc1ccc(NC(=O)Nc2cncc(C(=O)c3cn(C)c4ncnc(N)c34)c2)cc1Cl. The maximum atomic E-state index is 13.1. The van der Waals surface area contributed by atoms with Crippen molar-refractivity contribution < 1.29 is 9.59 Å². The van der Waals surface area contributed by atoms with Crippen LogP contribution in [0.25, 0.3) is 11.0 Å². The lowest BCUT2D eigenvalue weighted by Gasteiger charge is -2.09. The van der Waals surface area contributed by atoms with Crippen LogP contribution >= 0.6 is 11.6 Å². The molecule has 0 radical (unpaired) electrons. The van der Waals surface area contributed by atoms with Crippen molar-refractivity contribution in [1.29, 1.82) is 0 Å². The van der Waals surface area contributed by atoms with E-state index >= 15 is 0 Å². The number of carbonyl (C=O) groups excluding carboxylic acids is 2. The Hall–Kier alpha value is -3.98. The first-order chi connectivity index (χ1) is 14.8. The number of hydrogen-bond acceptors (Lipinski definition) is 6. The van der Waals surface area contributed by atoms with E-state index in [1.807, 2.05) is 6.92 Å². The van der Waals surface area contributed by atoms with Gasteiger partial charge < -0.3 is 20.9 Å². The van der Waals surface area contributed by atoms with Gasteiger partial charge in [0.05, 0.1) is 22.8 Å². The average molecular weight is 436 g/mol. The zero-order chi connectivity index (χ0) is 22.1. The van der Waals surface area contributed by atoms with Crippen molar-refractivity contribution in [3.05, 3.63) is 70.9 Å². The van der Waals surface area contributed by atoms with Gasteiger partial charge in [0, 0.05) is 35.7 Å². The van der Waals surface area contributed by atoms with Crippen molar-refractivity contribution in [3.8, 4) is 0 Å². The molecule has 0 atom stereocenters. The molecule has 0 aliphatic heterocycles. The molecule has 4 aromatic rings. The van der Waals surface area contributed by atoms with Crippen molar-refractivity contribution in [2.24, 2.45) is 7.05 Å². The fourth-order valence-corrected chi connectivity index (χ4v) is 3.34. The zero-order valence-corrected chi connectivity index (χ0v) is 17.4. The van der Waals surface area contributed by atoms with E-state index < -0.39 is 6.03 Å². The second kappa shape index (κ2) is 8.04. The Labute approximate surface area is 182 Å². The van der Waals surface area contributed by atoms with Crippen LogP contribution in [-0.2, 0) is 7.05 Å². The van der Waals surface area contributed by atoms with E-state index in [-0.39, 0.29) is 17.2 Å². The number of nitrogen functional groups attached to an aromatic ring is 1. The van der Waals surface area contributed by atoms with E-state index in [0.717, 1.165) is 5.56 Å². The second-order valence-corrected chi connectivity index (χ2v) is 7.35. The molecule has 0 saturated heterocycles. The van der Waals surface area contributed by atoms with Gasteiger partial charge in [-0.25, -0.2) is 14.8 Å². The Morgan fingerprint density at radius 3 is 2.65 bits per heavy atom. The number of fused-ring (bicyclic) bond motifs is 1. The van der Waals surface area contributed by atoms with Gasteiger partial charge in [0.2, 0.25) is 0 Å². The summed E-state index contributed by atoms with van der Waals surface area (Å²) in [5.74, 6) is -0.0960. The third-order valence-electron chi connectivity index (χ3n) is 4.72. The predicted octanol–water partition coefficient (Wildman–Crippen LogP) is 3.78. The number of anilines is 3. The van der Waals surface area contributed by atoms with Crippen LogP contribution in [0.1, 0.15) is 21.5 Å². The molecule has 3 heterocycles. The number of benzene rings is 1. The highest BCUT2D eigenvalue weighted by Crippen LogP contribution is 2.26. The molecule has 9 nitrogen and oxygen atoms in total. The lowest BCUT2D eigenvalue weighted by Crippen LogP contribution is -2.19. The van der Waals surface area contributed by atoms with Crippen LogP contribution in [-0.4, -0.2) is 31.3 Å². The highest BCUT2D eigenvalue weighted by molar-refractivity contribution is 6.31. The van der Waals surface area contributed by atoms with Gasteiger partial charge in [-0.15, -0.1) is 0 Å². The number of aromatic nitrogens is 4. The summed E-state index contributed by atoms with van der Waals surface area (Å²) in [6.45, 7) is 1.87. The number of nitrogens with two attached hydrogens (primary N) is 1. The molecule has 0 bridgehead atoms. The van der Waals surface area contributed by atoms with E-state index in [9.17, 15) is 9.59 Å². The summed E-state index contributed by atoms with van der Waals surface area (Å²) < 4.78 is 1.70. The second-order valence-electron chi connectivity index (χ2n) is 6.95. The summed E-state index contributed by atoms with van der Waals surface area (Å²) in [6, 6.07) is 6.25. The van der Waals surface area contributed by atoms with Crippen LogP contribution < -0.4 is 16.4 Å². The topological polar surface area (TPSA) is 128 Å². The van der Waals surface area contributed by atoms with E-state index in [1.165, 1.54) is 24.8 Å². The van der Waals surface area contributed by atoms with Crippen molar-refractivity contribution >= 4 is 51.6 Å². The number of halogens is 1. The predicted molar refractivity (Wildman–Crippen MR) is 119 cm³/mol. The first kappa shape index (κ1) is 20.3. The van der Waals surface area contributed by atoms with Crippen molar-refractivity contribution in [2.75, 3.05) is 16.4 Å². The number of nitrogens with zero attached hydrogens (tertiary/aromatic N) is 4. The van der Waals surface area contributed by atoms with Gasteiger partial charge in [-0.2, -0.15) is 0 Å². The molecule has 1 aromatic carbocycles. The third-order valence-corrected chi connectivity index (χ3v) is 5.12. The number of amides is 2. The summed E-state index contributed by atoms with van der Waals surface area (Å²) in [7, 11) is 1.77. The average Bonchev–Trinajstić information content (AvgIpc) is 3.08. The minimum absolute atomic E-state index is 0.215. The minimum atomic E-state index is -0.492. The Balaban J connectivity index is 1.56. The molecule has 4 rings (SSSR count). The molecule has 10 heteroatoms. The molecular formula is C21H18ClN7O2. The summed E-state index contributed by atoms with van der Waals surface area (Å²) in [6.07, 6.45) is 5.85. The number of rotatable bonds is 4. The minimum Gasteiger partial charge on any atom is -0.383 e. The molecule has 156 valence electrons. The number of hydrogen-bond donors (Lipinski definition) is 3. The van der Waals surface area contributed by atoms with Crippen LogP contribution in [0, 0.1) is 6.92 Å². The first-order valence-electron chi connectivity index (χ1n) is 9.23. The van der Waals surface area contributed by atoms with Gasteiger partial charge in [0.15, 0.2) is 5.78 Å². The quantitative estimate of drug-likeness (QED) is 0.418. The maximum Gasteiger partial charge on any atom is 0.323 e. The van der Waals surface area contributed by atoms with Crippen LogP contribution in [0.15, 0.2) is 49.2 Å². The Morgan fingerprint density at radius 2 is 1.87 bits per heavy atom. The summed E-state index contributed by atoms with van der Waals surface area (Å²) >= 11 is 6.09. The fraction of sp³-hybridized carbons (Fsp3) is 0.0952. The lowest BCUT2D eigenvalue weighted by molar-refractivity contribution is 0.103. The summed E-state index contributed by atoms with van der Waals surface area (Å²) in [4.78, 5) is 37.7. The first-order valence-corrected chi connectivity index (χ1v) is 9.60. The number of carbonyl (C=O) groups is 2. The monoisotopic (exact) mass is 435 g/mol. The standard InChI is InChI=1S/C21H18ClN7O2/c1-11-3-4-13(6-16(11)22)27-21(31)28-14-5-12(7-24-8-14)18(30)15-9-29(2)20-17(15)19(23)25-10-26-20/h3-10H,1-2H3,(H2,23,25,26)(H2,27,28,31). The summed E-state index contributed by atoms with van der Waals surface area (Å²) in [5.41, 5.74) is 8.96. The Morgan fingerprint density at radius 1 is 1.10 bits per heavy atom. The summed E-state index contributed by atoms with van der Waals surface area (Å²) in [5, 5.41) is 6.37. The number of aryl methyl sites for hydroxylation is 2. The molecule has 4 N–H and O–H groups in total. The van der Waals surface area contributed by atoms with Gasteiger partial charge in [0.1, 0.15) is 17.8 Å². The molecule has 0 fully saturated rings. The van der Waals surface area contributed by atoms with Crippen molar-refractivity contribution in [3.63, 3.8) is 0 Å². The molecule has 3 aromatic heterocycles. The Kier molecular flexibility index (Phi) is 5.26. The molecular weight excluding hydrogens is 418 g/mol. The molecule has 31 heavy (non-hydrogen) atoms. The van der Waals surface area contributed by atoms with Gasteiger partial charge >= 0.3 is 6.03 Å². The van der Waals surface area contributed by atoms with Gasteiger partial charge in [-0.05, 0) is 30.7 Å². The van der Waals surface area contributed by atoms with Gasteiger partial charge in [0.25, 0.3) is 0 Å². The fourth-order valence-electron chi connectivity index (χ4n) is 3.16. The number of ketones is 1. The molecule has 2 amide bonds. The molecule has 0 aliphatic rings. The smallest absolute Gasteiger partial charge is 0.323 e. The zero-order valence-electron chi connectivity index (χ0n) is 16.7. The Bertz CT molecular complexity index is 1330. The molecule has 0 aliphatic carbocycles. The molecule has 0 spiro atoms. The van der Waals surface area contributed by atoms with E-state index in [1.54, 1.807) is 36.0 Å². The third kappa shape index (κ3) is 4.03. The van der Waals surface area contributed by atoms with Crippen molar-refractivity contribution in [2.45, 2.75) is 6.92 Å². The molecule has 0 unspecified atom stereocenters. The largest absolute Gasteiger partial charge is 0.383 e. The highest BCUT2D eigenvalue weighted by atomic mass is 35.5. The number of urea groups is 1. The van der Waals surface area contributed by atoms with Crippen LogP contribution in [0.5, 0.6) is 0 Å². The van der Waals surface area contributed by atoms with Gasteiger partial charge in [-0.3, -0.25) is 9.78 Å². The van der Waals surface area contributed by atoms with Crippen molar-refractivity contribution in [1.82, 2.24) is 19.5 Å². The normalized spacial score (nSPS) is 10.8. The van der Waals surface area contributed by atoms with Crippen LogP contribution in [0.2, 0.25) is 5.02 Å². The lowest BCUT2D eigenvalue weighted by atomic mass is 10.1. The number of nitrogens with one attached hydrogen (secondary N) is 2. The van der Waals surface area contributed by atoms with Crippen LogP contribution in [0.3, 0.4) is 0 Å². The maximum absolute atomic E-state index is 13.1. The highest BCUT2D eigenvalue weighted by Gasteiger charge is 2.20. The molecule has 0 saturated carbocycles.